The topological polar surface area (TPSA) is 78.4 Å². The first-order valence-electron chi connectivity index (χ1n) is 6.97. The van der Waals surface area contributed by atoms with Gasteiger partial charge in [0, 0.05) is 16.8 Å². The Bertz CT molecular complexity index is 840. The number of benzene rings is 2. The lowest BCUT2D eigenvalue weighted by molar-refractivity contribution is 0.0706. The van der Waals surface area contributed by atoms with Gasteiger partial charge in [-0.05, 0) is 35.2 Å². The van der Waals surface area contributed by atoms with Crippen LogP contribution in [0.2, 0.25) is 0 Å². The van der Waals surface area contributed by atoms with E-state index < -0.39 is 5.91 Å². The Hall–Kier alpha value is -2.70. The highest BCUT2D eigenvalue weighted by Gasteiger charge is 2.10. The average molecular weight is 326 g/mol. The van der Waals surface area contributed by atoms with Crippen molar-refractivity contribution in [1.29, 1.82) is 0 Å². The van der Waals surface area contributed by atoms with Crippen molar-refractivity contribution >= 4 is 33.2 Å². The number of hydrogen-bond acceptors (Lipinski definition) is 4. The van der Waals surface area contributed by atoms with Gasteiger partial charge in [0.1, 0.15) is 0 Å². The zero-order valence-electron chi connectivity index (χ0n) is 12.1. The largest absolute Gasteiger partial charge is 0.347 e. The zero-order valence-corrected chi connectivity index (χ0v) is 12.9. The second kappa shape index (κ2) is 6.60. The van der Waals surface area contributed by atoms with E-state index in [9.17, 15) is 9.59 Å². The number of carbonyl (C=O) groups excluding carboxylic acids is 2. The molecule has 1 aromatic heterocycles. The summed E-state index contributed by atoms with van der Waals surface area (Å²) >= 11 is 1.44. The lowest BCUT2D eigenvalue weighted by Gasteiger charge is -2.05. The van der Waals surface area contributed by atoms with E-state index in [1.54, 1.807) is 29.7 Å². The van der Waals surface area contributed by atoms with Crippen molar-refractivity contribution in [1.82, 2.24) is 10.8 Å². The summed E-state index contributed by atoms with van der Waals surface area (Å²) in [6.45, 7) is 0.305. The minimum atomic E-state index is -0.581. The van der Waals surface area contributed by atoms with Gasteiger partial charge in [-0.3, -0.25) is 14.8 Å². The first kappa shape index (κ1) is 15.2. The fourth-order valence-electron chi connectivity index (χ4n) is 2.25. The first-order valence-corrected chi connectivity index (χ1v) is 7.79. The SMILES string of the molecule is O=C(NO)c1cccc(CNC(=O)c2cc3ccccc3s2)c1. The van der Waals surface area contributed by atoms with Gasteiger partial charge in [0.15, 0.2) is 0 Å². The third-order valence-corrected chi connectivity index (χ3v) is 4.51. The molecule has 3 aromatic rings. The number of hydroxylamine groups is 1. The molecule has 1 heterocycles. The van der Waals surface area contributed by atoms with Crippen LogP contribution in [0.25, 0.3) is 10.1 Å². The molecule has 0 unspecified atom stereocenters. The van der Waals surface area contributed by atoms with Crippen LogP contribution >= 0.6 is 11.3 Å². The van der Waals surface area contributed by atoms with Crippen molar-refractivity contribution < 1.29 is 14.8 Å². The molecule has 6 heteroatoms. The smallest absolute Gasteiger partial charge is 0.274 e. The number of fused-ring (bicyclic) bond motifs is 1. The molecule has 3 rings (SSSR count). The number of hydrogen-bond donors (Lipinski definition) is 3. The summed E-state index contributed by atoms with van der Waals surface area (Å²) in [5, 5.41) is 12.5. The molecule has 5 nitrogen and oxygen atoms in total. The van der Waals surface area contributed by atoms with Crippen molar-refractivity contribution in [2.45, 2.75) is 6.54 Å². The van der Waals surface area contributed by atoms with Gasteiger partial charge in [0.2, 0.25) is 0 Å². The van der Waals surface area contributed by atoms with Crippen LogP contribution in [0.1, 0.15) is 25.6 Å². The molecular weight excluding hydrogens is 312 g/mol. The maximum absolute atomic E-state index is 12.2. The van der Waals surface area contributed by atoms with Crippen LogP contribution < -0.4 is 10.8 Å². The fourth-order valence-corrected chi connectivity index (χ4v) is 3.23. The maximum Gasteiger partial charge on any atom is 0.274 e. The lowest BCUT2D eigenvalue weighted by atomic mass is 10.1. The van der Waals surface area contributed by atoms with Gasteiger partial charge in [0.25, 0.3) is 11.8 Å². The predicted molar refractivity (Wildman–Crippen MR) is 88.7 cm³/mol. The van der Waals surface area contributed by atoms with Gasteiger partial charge < -0.3 is 5.32 Å². The molecule has 0 fully saturated rings. The molecule has 0 saturated heterocycles. The fraction of sp³-hybridized carbons (Fsp3) is 0.0588. The summed E-state index contributed by atoms with van der Waals surface area (Å²) in [4.78, 5) is 24.3. The predicted octanol–water partition coefficient (Wildman–Crippen LogP) is 2.95. The van der Waals surface area contributed by atoms with E-state index in [1.165, 1.54) is 11.3 Å². The molecular formula is C17H14N2O3S. The molecule has 0 aliphatic rings. The van der Waals surface area contributed by atoms with Crippen molar-refractivity contribution in [2.24, 2.45) is 0 Å². The number of nitrogens with one attached hydrogen (secondary N) is 2. The molecule has 0 saturated carbocycles. The first-order chi connectivity index (χ1) is 11.2. The molecule has 0 bridgehead atoms. The third-order valence-electron chi connectivity index (χ3n) is 3.39. The summed E-state index contributed by atoms with van der Waals surface area (Å²) in [5.74, 6) is -0.731. The molecule has 3 N–H and O–H groups in total. The van der Waals surface area contributed by atoms with Gasteiger partial charge in [-0.2, -0.15) is 0 Å². The number of amides is 2. The Morgan fingerprint density at radius 3 is 2.61 bits per heavy atom. The highest BCUT2D eigenvalue weighted by Crippen LogP contribution is 2.25. The molecule has 2 amide bonds. The van der Waals surface area contributed by atoms with E-state index in [-0.39, 0.29) is 5.91 Å². The number of rotatable bonds is 4. The summed E-state index contributed by atoms with van der Waals surface area (Å²) in [6, 6.07) is 16.4. The van der Waals surface area contributed by atoms with E-state index >= 15 is 0 Å². The van der Waals surface area contributed by atoms with Crippen molar-refractivity contribution in [3.05, 3.63) is 70.6 Å². The van der Waals surface area contributed by atoms with Crippen LogP contribution in [0.3, 0.4) is 0 Å². The van der Waals surface area contributed by atoms with Crippen molar-refractivity contribution in [2.75, 3.05) is 0 Å². The quantitative estimate of drug-likeness (QED) is 0.509. The Morgan fingerprint density at radius 2 is 1.83 bits per heavy atom. The molecule has 116 valence electrons. The van der Waals surface area contributed by atoms with Crippen molar-refractivity contribution in [3.63, 3.8) is 0 Å². The standard InChI is InChI=1S/C17H14N2O3S/c20-16(19-22)13-6-3-4-11(8-13)10-18-17(21)15-9-12-5-1-2-7-14(12)23-15/h1-9,22H,10H2,(H,18,21)(H,19,20). The van der Waals surface area contributed by atoms with E-state index in [2.05, 4.69) is 5.32 Å². The minimum absolute atomic E-state index is 0.150. The molecule has 2 aromatic carbocycles. The zero-order chi connectivity index (χ0) is 16.2. The minimum Gasteiger partial charge on any atom is -0.347 e. The second-order valence-electron chi connectivity index (χ2n) is 4.97. The van der Waals surface area contributed by atoms with Crippen LogP contribution in [0.4, 0.5) is 0 Å². The molecule has 0 aliphatic carbocycles. The molecule has 23 heavy (non-hydrogen) atoms. The van der Waals surface area contributed by atoms with Gasteiger partial charge in [-0.25, -0.2) is 5.48 Å². The Balaban J connectivity index is 1.70. The highest BCUT2D eigenvalue weighted by molar-refractivity contribution is 7.20. The van der Waals surface area contributed by atoms with E-state index in [0.29, 0.717) is 17.0 Å². The van der Waals surface area contributed by atoms with Crippen LogP contribution in [0, 0.1) is 0 Å². The summed E-state index contributed by atoms with van der Waals surface area (Å²) in [6.07, 6.45) is 0. The van der Waals surface area contributed by atoms with Crippen molar-refractivity contribution in [3.8, 4) is 0 Å². The van der Waals surface area contributed by atoms with E-state index in [4.69, 9.17) is 5.21 Å². The summed E-state index contributed by atoms with van der Waals surface area (Å²) in [7, 11) is 0. The van der Waals surface area contributed by atoms with Gasteiger partial charge in [-0.15, -0.1) is 11.3 Å². The normalized spacial score (nSPS) is 10.5. The molecule has 0 aliphatic heterocycles. The van der Waals surface area contributed by atoms with E-state index in [1.807, 2.05) is 30.3 Å². The monoisotopic (exact) mass is 326 g/mol. The second-order valence-corrected chi connectivity index (χ2v) is 6.06. The van der Waals surface area contributed by atoms with Crippen LogP contribution in [-0.2, 0) is 6.54 Å². The molecule has 0 atom stereocenters. The highest BCUT2D eigenvalue weighted by atomic mass is 32.1. The van der Waals surface area contributed by atoms with Crippen LogP contribution in [0.15, 0.2) is 54.6 Å². The van der Waals surface area contributed by atoms with E-state index in [0.717, 1.165) is 15.6 Å². The third kappa shape index (κ3) is 3.39. The Labute approximate surface area is 136 Å². The lowest BCUT2D eigenvalue weighted by Crippen LogP contribution is -2.22. The number of thiophene rings is 1. The van der Waals surface area contributed by atoms with Gasteiger partial charge in [0.05, 0.1) is 4.88 Å². The summed E-state index contributed by atoms with van der Waals surface area (Å²) in [5.41, 5.74) is 2.70. The maximum atomic E-state index is 12.2. The van der Waals surface area contributed by atoms with Gasteiger partial charge >= 0.3 is 0 Å². The Kier molecular flexibility index (Phi) is 4.36. The number of carbonyl (C=O) groups is 2. The molecule has 0 radical (unpaired) electrons. The Morgan fingerprint density at radius 1 is 1.00 bits per heavy atom. The van der Waals surface area contributed by atoms with Crippen LogP contribution in [-0.4, -0.2) is 17.0 Å². The average Bonchev–Trinajstić information content (AvgIpc) is 3.03. The summed E-state index contributed by atoms with van der Waals surface area (Å²) < 4.78 is 1.07. The van der Waals surface area contributed by atoms with Gasteiger partial charge in [-0.1, -0.05) is 30.3 Å². The van der Waals surface area contributed by atoms with Crippen LogP contribution in [0.5, 0.6) is 0 Å². The molecule has 0 spiro atoms.